The summed E-state index contributed by atoms with van der Waals surface area (Å²) in [7, 11) is 0. The van der Waals surface area contributed by atoms with Crippen LogP contribution in [-0.2, 0) is 17.6 Å². The fourth-order valence-corrected chi connectivity index (χ4v) is 4.79. The van der Waals surface area contributed by atoms with Crippen LogP contribution >= 0.6 is 0 Å². The van der Waals surface area contributed by atoms with Crippen LogP contribution in [-0.4, -0.2) is 49.3 Å². The van der Waals surface area contributed by atoms with E-state index < -0.39 is 5.97 Å². The van der Waals surface area contributed by atoms with Crippen LogP contribution in [0.1, 0.15) is 24.5 Å². The number of hydrazine groups is 1. The molecule has 1 aromatic heterocycles. The molecule has 8 nitrogen and oxygen atoms in total. The molecule has 0 spiro atoms. The van der Waals surface area contributed by atoms with Crippen molar-refractivity contribution in [3.8, 4) is 22.5 Å². The fraction of sp³-hybridized carbons (Fsp3) is 0.214. The number of hydrogen-bond donors (Lipinski definition) is 3. The number of rotatable bonds is 9. The van der Waals surface area contributed by atoms with Gasteiger partial charge >= 0.3 is 5.97 Å². The van der Waals surface area contributed by atoms with Gasteiger partial charge in [0.15, 0.2) is 0 Å². The molecule has 182 valence electrons. The van der Waals surface area contributed by atoms with Gasteiger partial charge in [-0.05, 0) is 40.3 Å². The second-order valence-corrected chi connectivity index (χ2v) is 8.86. The number of aromatic nitrogens is 4. The average molecular weight is 481 g/mol. The summed E-state index contributed by atoms with van der Waals surface area (Å²) in [5.41, 5.74) is 9.70. The van der Waals surface area contributed by atoms with Crippen LogP contribution in [0.25, 0.3) is 22.5 Å². The summed E-state index contributed by atoms with van der Waals surface area (Å²) < 4.78 is 0. The molecule has 0 bridgehead atoms. The Balaban J connectivity index is 1.41. The number of nitrogens with one attached hydrogen (secondary N) is 2. The molecule has 1 atom stereocenters. The van der Waals surface area contributed by atoms with Crippen molar-refractivity contribution in [2.45, 2.75) is 32.2 Å². The Bertz CT molecular complexity index is 1350. The summed E-state index contributed by atoms with van der Waals surface area (Å²) in [5.74, 6) is -0.329. The maximum Gasteiger partial charge on any atom is 0.335 e. The van der Waals surface area contributed by atoms with E-state index in [1.54, 1.807) is 0 Å². The third kappa shape index (κ3) is 4.89. The molecular formula is C28H28N6O2. The van der Waals surface area contributed by atoms with Crippen molar-refractivity contribution in [2.24, 2.45) is 0 Å². The summed E-state index contributed by atoms with van der Waals surface area (Å²) in [5, 5.41) is 26.7. The van der Waals surface area contributed by atoms with E-state index in [2.05, 4.69) is 50.1 Å². The van der Waals surface area contributed by atoms with Crippen molar-refractivity contribution in [1.29, 1.82) is 0 Å². The lowest BCUT2D eigenvalue weighted by Crippen LogP contribution is -2.41. The van der Waals surface area contributed by atoms with Gasteiger partial charge in [-0.15, -0.1) is 10.2 Å². The molecule has 1 unspecified atom stereocenters. The predicted octanol–water partition coefficient (Wildman–Crippen LogP) is 4.26. The van der Waals surface area contributed by atoms with Crippen LogP contribution < -0.4 is 5.43 Å². The van der Waals surface area contributed by atoms with E-state index in [1.165, 1.54) is 0 Å². The number of carbonyl (C=O) groups is 1. The van der Waals surface area contributed by atoms with Crippen LogP contribution in [0.2, 0.25) is 0 Å². The van der Waals surface area contributed by atoms with Gasteiger partial charge in [0, 0.05) is 24.2 Å². The van der Waals surface area contributed by atoms with Crippen LogP contribution in [0.5, 0.6) is 0 Å². The zero-order valence-electron chi connectivity index (χ0n) is 20.1. The molecule has 3 N–H and O–H groups in total. The quantitative estimate of drug-likeness (QED) is 0.329. The molecule has 0 fully saturated rings. The average Bonchev–Trinajstić information content (AvgIpc) is 3.54. The Labute approximate surface area is 209 Å². The second-order valence-electron chi connectivity index (χ2n) is 8.86. The number of carboxylic acids is 1. The molecule has 3 aromatic carbocycles. The zero-order chi connectivity index (χ0) is 24.9. The van der Waals surface area contributed by atoms with Crippen molar-refractivity contribution in [3.05, 3.63) is 101 Å². The van der Waals surface area contributed by atoms with Gasteiger partial charge in [-0.2, -0.15) is 5.21 Å². The highest BCUT2D eigenvalue weighted by atomic mass is 16.4. The minimum atomic E-state index is -0.873. The molecule has 2 heterocycles. The Kier molecular flexibility index (Phi) is 6.86. The van der Waals surface area contributed by atoms with E-state index in [4.69, 9.17) is 0 Å². The van der Waals surface area contributed by atoms with Crippen LogP contribution in [0.15, 0.2) is 90.1 Å². The van der Waals surface area contributed by atoms with Crippen LogP contribution in [0.3, 0.4) is 0 Å². The normalized spacial score (nSPS) is 15.8. The van der Waals surface area contributed by atoms with Gasteiger partial charge in [0.2, 0.25) is 5.82 Å². The van der Waals surface area contributed by atoms with Gasteiger partial charge in [0.25, 0.3) is 0 Å². The molecule has 36 heavy (non-hydrogen) atoms. The maximum absolute atomic E-state index is 12.4. The smallest absolute Gasteiger partial charge is 0.335 e. The van der Waals surface area contributed by atoms with Gasteiger partial charge in [-0.25, -0.2) is 9.80 Å². The number of tetrazole rings is 1. The number of carboxylic acid groups (broad SMARTS) is 1. The van der Waals surface area contributed by atoms with E-state index in [1.807, 2.05) is 66.7 Å². The summed E-state index contributed by atoms with van der Waals surface area (Å²) in [6, 6.07) is 26.0. The second kappa shape index (κ2) is 10.5. The molecule has 0 aliphatic carbocycles. The van der Waals surface area contributed by atoms with Crippen molar-refractivity contribution in [1.82, 2.24) is 31.1 Å². The minimum absolute atomic E-state index is 0.221. The monoisotopic (exact) mass is 480 g/mol. The highest BCUT2D eigenvalue weighted by molar-refractivity contribution is 5.89. The Morgan fingerprint density at radius 2 is 1.67 bits per heavy atom. The number of aliphatic carboxylic acids is 1. The van der Waals surface area contributed by atoms with Crippen LogP contribution in [0.4, 0.5) is 0 Å². The number of H-pyrrole nitrogens is 1. The highest BCUT2D eigenvalue weighted by Crippen LogP contribution is 2.31. The lowest BCUT2D eigenvalue weighted by Gasteiger charge is -2.25. The van der Waals surface area contributed by atoms with Crippen molar-refractivity contribution < 1.29 is 9.90 Å². The number of hydrogen-bond acceptors (Lipinski definition) is 6. The first kappa shape index (κ1) is 23.4. The topological polar surface area (TPSA) is 107 Å². The molecule has 5 rings (SSSR count). The molecule has 1 aliphatic rings. The maximum atomic E-state index is 12.4. The first-order valence-electron chi connectivity index (χ1n) is 12.1. The van der Waals surface area contributed by atoms with E-state index in [0.717, 1.165) is 46.5 Å². The predicted molar refractivity (Wildman–Crippen MR) is 137 cm³/mol. The van der Waals surface area contributed by atoms with Crippen molar-refractivity contribution >= 4 is 5.97 Å². The Hall–Kier alpha value is -4.30. The SMILES string of the molecule is CCCN1NC(Cc2ccc(-c3ccccc3-c3nn[nH]n3)cc2)=C(C(=O)O)C1Cc1ccccc1. The third-order valence-corrected chi connectivity index (χ3v) is 6.44. The molecule has 8 heteroatoms. The fourth-order valence-electron chi connectivity index (χ4n) is 4.79. The highest BCUT2D eigenvalue weighted by Gasteiger charge is 2.36. The lowest BCUT2D eigenvalue weighted by atomic mass is 9.95. The summed E-state index contributed by atoms with van der Waals surface area (Å²) in [6.45, 7) is 2.87. The molecule has 0 saturated carbocycles. The summed E-state index contributed by atoms with van der Waals surface area (Å²) in [4.78, 5) is 12.4. The van der Waals surface area contributed by atoms with Crippen LogP contribution in [0, 0.1) is 0 Å². The molecule has 0 saturated heterocycles. The Morgan fingerprint density at radius 3 is 2.33 bits per heavy atom. The van der Waals surface area contributed by atoms with Crippen molar-refractivity contribution in [2.75, 3.05) is 6.54 Å². The number of allylic oxidation sites excluding steroid dienone is 1. The minimum Gasteiger partial charge on any atom is -0.478 e. The molecule has 4 aromatic rings. The Morgan fingerprint density at radius 1 is 0.944 bits per heavy atom. The first-order valence-corrected chi connectivity index (χ1v) is 12.1. The van der Waals surface area contributed by atoms with Crippen molar-refractivity contribution in [3.63, 3.8) is 0 Å². The number of benzene rings is 3. The van der Waals surface area contributed by atoms with E-state index in [-0.39, 0.29) is 6.04 Å². The van der Waals surface area contributed by atoms with Gasteiger partial charge < -0.3 is 10.5 Å². The summed E-state index contributed by atoms with van der Waals surface area (Å²) in [6.07, 6.45) is 2.08. The number of aromatic amines is 1. The van der Waals surface area contributed by atoms with Gasteiger partial charge in [-0.3, -0.25) is 0 Å². The molecule has 1 aliphatic heterocycles. The number of nitrogens with zero attached hydrogens (tertiary/aromatic N) is 4. The lowest BCUT2D eigenvalue weighted by molar-refractivity contribution is -0.133. The zero-order valence-corrected chi connectivity index (χ0v) is 20.1. The van der Waals surface area contributed by atoms with Gasteiger partial charge in [0.05, 0.1) is 11.6 Å². The standard InChI is InChI=1S/C28H28N6O2/c1-2-16-34-25(18-19-8-4-3-5-9-19)26(28(35)36)24(31-34)17-20-12-14-21(15-13-20)22-10-6-7-11-23(22)27-29-32-33-30-27/h3-15,25,31H,2,16-18H2,1H3,(H,35,36)(H,29,30,32,33). The third-order valence-electron chi connectivity index (χ3n) is 6.44. The summed E-state index contributed by atoms with van der Waals surface area (Å²) >= 11 is 0. The van der Waals surface area contributed by atoms with E-state index in [9.17, 15) is 9.90 Å². The van der Waals surface area contributed by atoms with Gasteiger partial charge in [0.1, 0.15) is 0 Å². The molecule has 0 amide bonds. The van der Waals surface area contributed by atoms with Gasteiger partial charge in [-0.1, -0.05) is 85.8 Å². The van der Waals surface area contributed by atoms with E-state index in [0.29, 0.717) is 24.2 Å². The molecule has 0 radical (unpaired) electrons. The molecular weight excluding hydrogens is 452 g/mol. The first-order chi connectivity index (χ1) is 17.6. The largest absolute Gasteiger partial charge is 0.478 e. The van der Waals surface area contributed by atoms with E-state index >= 15 is 0 Å².